The number of piperidine rings is 1. The Bertz CT molecular complexity index is 1450. The number of thiazole rings is 1. The number of hydrogen-bond acceptors (Lipinski definition) is 7. The molecule has 2 aromatic heterocycles. The van der Waals surface area contributed by atoms with Crippen LogP contribution in [0.15, 0.2) is 61.9 Å². The van der Waals surface area contributed by atoms with Gasteiger partial charge in [0, 0.05) is 25.2 Å². The number of esters is 1. The molecule has 0 aliphatic carbocycles. The van der Waals surface area contributed by atoms with E-state index in [9.17, 15) is 9.59 Å². The lowest BCUT2D eigenvalue weighted by molar-refractivity contribution is -0.139. The first-order valence-electron chi connectivity index (χ1n) is 12.1. The van der Waals surface area contributed by atoms with Crippen LogP contribution in [-0.4, -0.2) is 30.2 Å². The van der Waals surface area contributed by atoms with E-state index in [1.165, 1.54) is 17.8 Å². The van der Waals surface area contributed by atoms with Crippen LogP contribution >= 0.6 is 11.3 Å². The Morgan fingerprint density at radius 3 is 2.60 bits per heavy atom. The summed E-state index contributed by atoms with van der Waals surface area (Å²) in [6.45, 7) is 7.79. The molecular formula is C27H29N3O4S. The summed E-state index contributed by atoms with van der Waals surface area (Å²) < 4.78 is 13.5. The van der Waals surface area contributed by atoms with Crippen molar-refractivity contribution in [3.05, 3.63) is 84.2 Å². The molecule has 0 amide bonds. The number of fused-ring (bicyclic) bond motifs is 1. The second kappa shape index (κ2) is 9.70. The van der Waals surface area contributed by atoms with Crippen LogP contribution in [0.1, 0.15) is 56.0 Å². The zero-order valence-electron chi connectivity index (χ0n) is 20.2. The lowest BCUT2D eigenvalue weighted by atomic mass is 9.95. The molecule has 0 radical (unpaired) electrons. The van der Waals surface area contributed by atoms with Gasteiger partial charge < -0.3 is 14.1 Å². The number of hydrogen-bond donors (Lipinski definition) is 0. The molecule has 0 bridgehead atoms. The van der Waals surface area contributed by atoms with Gasteiger partial charge in [-0.2, -0.15) is 0 Å². The normalized spacial score (nSPS) is 18.4. The fraction of sp³-hybridized carbons (Fsp3) is 0.370. The molecule has 1 atom stereocenters. The second-order valence-corrected chi connectivity index (χ2v) is 9.95. The third kappa shape index (κ3) is 4.50. The second-order valence-electron chi connectivity index (χ2n) is 8.94. The molecular weight excluding hydrogens is 462 g/mol. The molecule has 0 N–H and O–H groups in total. The van der Waals surface area contributed by atoms with Gasteiger partial charge in [-0.3, -0.25) is 9.36 Å². The van der Waals surface area contributed by atoms with E-state index in [2.05, 4.69) is 9.89 Å². The SMILES string of the molecule is CCOC(=O)C1=C(C)N=c2s/c(=C\c3ccc(N4CCCCC4)o3)c(=O)n2[C@@H]1c1ccc(C)cc1. The summed E-state index contributed by atoms with van der Waals surface area (Å²) in [5.74, 6) is 1.01. The fourth-order valence-electron chi connectivity index (χ4n) is 4.69. The van der Waals surface area contributed by atoms with Crippen LogP contribution < -0.4 is 19.8 Å². The summed E-state index contributed by atoms with van der Waals surface area (Å²) in [6, 6.07) is 11.1. The van der Waals surface area contributed by atoms with Crippen molar-refractivity contribution in [1.29, 1.82) is 0 Å². The predicted molar refractivity (Wildman–Crippen MR) is 136 cm³/mol. The van der Waals surface area contributed by atoms with Gasteiger partial charge in [-0.15, -0.1) is 0 Å². The minimum atomic E-state index is -0.603. The van der Waals surface area contributed by atoms with Crippen LogP contribution in [0.3, 0.4) is 0 Å². The number of benzene rings is 1. The van der Waals surface area contributed by atoms with Crippen molar-refractivity contribution in [2.75, 3.05) is 24.6 Å². The predicted octanol–water partition coefficient (Wildman–Crippen LogP) is 3.69. The number of ether oxygens (including phenoxy) is 1. The number of carbonyl (C=O) groups is 1. The van der Waals surface area contributed by atoms with Gasteiger partial charge in [-0.05, 0) is 51.7 Å². The van der Waals surface area contributed by atoms with Crippen molar-refractivity contribution in [3.8, 4) is 0 Å². The van der Waals surface area contributed by atoms with Gasteiger partial charge in [0.2, 0.25) is 0 Å². The smallest absolute Gasteiger partial charge is 0.338 e. The lowest BCUT2D eigenvalue weighted by Crippen LogP contribution is -2.39. The zero-order valence-corrected chi connectivity index (χ0v) is 21.1. The minimum Gasteiger partial charge on any atom is -0.463 e. The summed E-state index contributed by atoms with van der Waals surface area (Å²) in [5, 5.41) is 0. The number of furan rings is 1. The van der Waals surface area contributed by atoms with Gasteiger partial charge >= 0.3 is 5.97 Å². The van der Waals surface area contributed by atoms with E-state index in [4.69, 9.17) is 9.15 Å². The highest BCUT2D eigenvalue weighted by Gasteiger charge is 2.33. The van der Waals surface area contributed by atoms with Crippen LogP contribution in [0.25, 0.3) is 6.08 Å². The molecule has 0 unspecified atom stereocenters. The molecule has 7 nitrogen and oxygen atoms in total. The summed E-state index contributed by atoms with van der Waals surface area (Å²) in [7, 11) is 0. The number of aromatic nitrogens is 1. The van der Waals surface area contributed by atoms with Gasteiger partial charge in [-0.25, -0.2) is 9.79 Å². The highest BCUT2D eigenvalue weighted by atomic mass is 32.1. The van der Waals surface area contributed by atoms with Crippen LogP contribution in [0, 0.1) is 6.92 Å². The quantitative estimate of drug-likeness (QED) is 0.509. The zero-order chi connectivity index (χ0) is 24.5. The highest BCUT2D eigenvalue weighted by Crippen LogP contribution is 2.31. The van der Waals surface area contributed by atoms with Crippen molar-refractivity contribution < 1.29 is 13.9 Å². The van der Waals surface area contributed by atoms with Gasteiger partial charge in [-0.1, -0.05) is 41.2 Å². The summed E-state index contributed by atoms with van der Waals surface area (Å²) >= 11 is 1.30. The molecule has 4 heterocycles. The van der Waals surface area contributed by atoms with Crippen LogP contribution in [0.4, 0.5) is 5.88 Å². The molecule has 1 aromatic carbocycles. The van der Waals surface area contributed by atoms with E-state index in [0.717, 1.165) is 42.9 Å². The first-order valence-corrected chi connectivity index (χ1v) is 12.9. The third-order valence-electron chi connectivity index (χ3n) is 6.46. The van der Waals surface area contributed by atoms with E-state index in [0.29, 0.717) is 26.4 Å². The van der Waals surface area contributed by atoms with Gasteiger partial charge in [0.15, 0.2) is 10.7 Å². The average Bonchev–Trinajstić information content (AvgIpc) is 3.44. The Morgan fingerprint density at radius 1 is 1.14 bits per heavy atom. The number of anilines is 1. The van der Waals surface area contributed by atoms with E-state index < -0.39 is 12.0 Å². The Hall–Kier alpha value is -3.39. The summed E-state index contributed by atoms with van der Waals surface area (Å²) in [6.07, 6.45) is 5.35. The monoisotopic (exact) mass is 491 g/mol. The lowest BCUT2D eigenvalue weighted by Gasteiger charge is -2.25. The first-order chi connectivity index (χ1) is 17.0. The van der Waals surface area contributed by atoms with Crippen molar-refractivity contribution >= 4 is 29.3 Å². The van der Waals surface area contributed by atoms with Gasteiger partial charge in [0.25, 0.3) is 5.56 Å². The topological polar surface area (TPSA) is 77.0 Å². The van der Waals surface area contributed by atoms with Crippen molar-refractivity contribution in [2.45, 2.75) is 46.1 Å². The van der Waals surface area contributed by atoms with E-state index in [-0.39, 0.29) is 12.2 Å². The molecule has 35 heavy (non-hydrogen) atoms. The Morgan fingerprint density at radius 2 is 1.89 bits per heavy atom. The maximum atomic E-state index is 13.7. The van der Waals surface area contributed by atoms with Crippen LogP contribution in [0.5, 0.6) is 0 Å². The largest absolute Gasteiger partial charge is 0.463 e. The molecule has 2 aliphatic heterocycles. The minimum absolute atomic E-state index is 0.204. The van der Waals surface area contributed by atoms with E-state index >= 15 is 0 Å². The van der Waals surface area contributed by atoms with Gasteiger partial charge in [0.1, 0.15) is 5.76 Å². The van der Waals surface area contributed by atoms with Crippen molar-refractivity contribution in [2.24, 2.45) is 4.99 Å². The molecule has 8 heteroatoms. The fourth-order valence-corrected chi connectivity index (χ4v) is 5.72. The number of nitrogens with zero attached hydrogens (tertiary/aromatic N) is 3. The maximum Gasteiger partial charge on any atom is 0.338 e. The number of aryl methyl sites for hydroxylation is 1. The molecule has 182 valence electrons. The molecule has 1 saturated heterocycles. The summed E-state index contributed by atoms with van der Waals surface area (Å²) in [4.78, 5) is 34.0. The number of allylic oxidation sites excluding steroid dienone is 1. The van der Waals surface area contributed by atoms with Crippen LogP contribution in [0.2, 0.25) is 0 Å². The molecule has 1 fully saturated rings. The third-order valence-corrected chi connectivity index (χ3v) is 7.45. The molecule has 0 spiro atoms. The van der Waals surface area contributed by atoms with Crippen LogP contribution in [-0.2, 0) is 9.53 Å². The molecule has 3 aromatic rings. The highest BCUT2D eigenvalue weighted by molar-refractivity contribution is 7.07. The summed E-state index contributed by atoms with van der Waals surface area (Å²) in [5.41, 5.74) is 2.68. The maximum absolute atomic E-state index is 13.7. The standard InChI is InChI=1S/C27H29N3O4S/c1-4-33-26(32)23-18(3)28-27-30(24(23)19-10-8-17(2)9-11-19)25(31)21(35-27)16-20-12-13-22(34-20)29-14-6-5-7-15-29/h8-13,16,24H,4-7,14-15H2,1-3H3/b21-16-/t24-/m1/s1. The molecule has 0 saturated carbocycles. The Labute approximate surface area is 207 Å². The number of carbonyl (C=O) groups excluding carboxylic acids is 1. The average molecular weight is 492 g/mol. The Balaban J connectivity index is 1.60. The van der Waals surface area contributed by atoms with Crippen molar-refractivity contribution in [3.63, 3.8) is 0 Å². The molecule has 2 aliphatic rings. The molecule has 5 rings (SSSR count). The van der Waals surface area contributed by atoms with Gasteiger partial charge in [0.05, 0.1) is 28.5 Å². The van der Waals surface area contributed by atoms with E-state index in [1.807, 2.05) is 43.3 Å². The Kier molecular flexibility index (Phi) is 6.47. The van der Waals surface area contributed by atoms with Crippen molar-refractivity contribution in [1.82, 2.24) is 4.57 Å². The first kappa shape index (κ1) is 23.4. The van der Waals surface area contributed by atoms with E-state index in [1.54, 1.807) is 24.5 Å². The number of rotatable bonds is 5.